The molecule has 0 fully saturated rings. The fraction of sp³-hybridized carbons (Fsp3) is 0.909. The Morgan fingerprint density at radius 3 is 2.27 bits per heavy atom. The van der Waals surface area contributed by atoms with E-state index in [2.05, 4.69) is 19.2 Å². The summed E-state index contributed by atoms with van der Waals surface area (Å²) in [6.45, 7) is 9.49. The van der Waals surface area contributed by atoms with E-state index in [0.717, 1.165) is 6.42 Å². The van der Waals surface area contributed by atoms with Crippen LogP contribution in [0.3, 0.4) is 0 Å². The van der Waals surface area contributed by atoms with Crippen molar-refractivity contribution in [1.29, 1.82) is 0 Å². The Balaban J connectivity index is 3.77. The SMILES string of the molecule is CC(C)CC[C@@H](O)NC(=O)OC(C)(C)C. The average molecular weight is 217 g/mol. The first-order valence-corrected chi connectivity index (χ1v) is 5.38. The topological polar surface area (TPSA) is 58.6 Å². The second-order valence-electron chi connectivity index (χ2n) is 5.13. The van der Waals surface area contributed by atoms with Gasteiger partial charge in [0.1, 0.15) is 11.8 Å². The number of rotatable bonds is 4. The molecule has 90 valence electrons. The van der Waals surface area contributed by atoms with Crippen LogP contribution in [0.5, 0.6) is 0 Å². The summed E-state index contributed by atoms with van der Waals surface area (Å²) in [5.74, 6) is 0.514. The third kappa shape index (κ3) is 9.53. The van der Waals surface area contributed by atoms with Crippen molar-refractivity contribution in [3.63, 3.8) is 0 Å². The molecule has 0 aliphatic carbocycles. The van der Waals surface area contributed by atoms with Crippen molar-refractivity contribution in [1.82, 2.24) is 5.32 Å². The van der Waals surface area contributed by atoms with Gasteiger partial charge in [-0.1, -0.05) is 13.8 Å². The Kier molecular flexibility index (Phi) is 5.65. The van der Waals surface area contributed by atoms with Crippen LogP contribution in [0.2, 0.25) is 0 Å². The van der Waals surface area contributed by atoms with E-state index in [0.29, 0.717) is 12.3 Å². The van der Waals surface area contributed by atoms with E-state index in [-0.39, 0.29) is 0 Å². The first-order valence-electron chi connectivity index (χ1n) is 5.38. The largest absolute Gasteiger partial charge is 0.444 e. The van der Waals surface area contributed by atoms with Gasteiger partial charge in [-0.2, -0.15) is 0 Å². The second kappa shape index (κ2) is 5.95. The Morgan fingerprint density at radius 2 is 1.87 bits per heavy atom. The maximum atomic E-state index is 11.2. The van der Waals surface area contributed by atoms with Crippen molar-refractivity contribution in [2.75, 3.05) is 0 Å². The molecule has 0 heterocycles. The molecule has 0 unspecified atom stereocenters. The monoisotopic (exact) mass is 217 g/mol. The van der Waals surface area contributed by atoms with E-state index in [4.69, 9.17) is 4.74 Å². The lowest BCUT2D eigenvalue weighted by atomic mass is 10.1. The quantitative estimate of drug-likeness (QED) is 0.710. The fourth-order valence-electron chi connectivity index (χ4n) is 1.01. The summed E-state index contributed by atoms with van der Waals surface area (Å²) in [4.78, 5) is 11.2. The summed E-state index contributed by atoms with van der Waals surface area (Å²) >= 11 is 0. The molecule has 0 saturated heterocycles. The normalized spacial score (nSPS) is 13.8. The molecular formula is C11H23NO3. The number of aliphatic hydroxyl groups excluding tert-OH is 1. The van der Waals surface area contributed by atoms with Gasteiger partial charge in [0, 0.05) is 0 Å². The highest BCUT2D eigenvalue weighted by atomic mass is 16.6. The van der Waals surface area contributed by atoms with Gasteiger partial charge < -0.3 is 9.84 Å². The van der Waals surface area contributed by atoms with Gasteiger partial charge in [0.25, 0.3) is 0 Å². The van der Waals surface area contributed by atoms with Crippen LogP contribution in [-0.2, 0) is 4.74 Å². The lowest BCUT2D eigenvalue weighted by Gasteiger charge is -2.21. The highest BCUT2D eigenvalue weighted by Crippen LogP contribution is 2.08. The van der Waals surface area contributed by atoms with E-state index in [1.165, 1.54) is 0 Å². The number of amides is 1. The van der Waals surface area contributed by atoms with Crippen LogP contribution in [0.25, 0.3) is 0 Å². The van der Waals surface area contributed by atoms with E-state index in [9.17, 15) is 9.90 Å². The number of aliphatic hydroxyl groups is 1. The summed E-state index contributed by atoms with van der Waals surface area (Å²) in [6.07, 6.45) is 0.0365. The Labute approximate surface area is 92.0 Å². The molecule has 1 amide bonds. The predicted molar refractivity (Wildman–Crippen MR) is 59.4 cm³/mol. The van der Waals surface area contributed by atoms with E-state index in [1.54, 1.807) is 20.8 Å². The summed E-state index contributed by atoms with van der Waals surface area (Å²) in [6, 6.07) is 0. The van der Waals surface area contributed by atoms with Crippen LogP contribution >= 0.6 is 0 Å². The van der Waals surface area contributed by atoms with Gasteiger partial charge >= 0.3 is 6.09 Å². The highest BCUT2D eigenvalue weighted by Gasteiger charge is 2.18. The number of hydrogen-bond donors (Lipinski definition) is 2. The van der Waals surface area contributed by atoms with Crippen molar-refractivity contribution < 1.29 is 14.6 Å². The molecule has 4 heteroatoms. The minimum Gasteiger partial charge on any atom is -0.444 e. The maximum absolute atomic E-state index is 11.2. The molecule has 0 bridgehead atoms. The van der Waals surface area contributed by atoms with Gasteiger partial charge in [0.2, 0.25) is 0 Å². The maximum Gasteiger partial charge on any atom is 0.409 e. The van der Waals surface area contributed by atoms with Crippen molar-refractivity contribution in [3.8, 4) is 0 Å². The number of nitrogens with one attached hydrogen (secondary N) is 1. The van der Waals surface area contributed by atoms with Crippen molar-refractivity contribution >= 4 is 6.09 Å². The van der Waals surface area contributed by atoms with Crippen molar-refractivity contribution in [2.24, 2.45) is 5.92 Å². The molecule has 0 aromatic carbocycles. The smallest absolute Gasteiger partial charge is 0.409 e. The molecule has 0 radical (unpaired) electrons. The highest BCUT2D eigenvalue weighted by molar-refractivity contribution is 5.67. The van der Waals surface area contributed by atoms with Crippen molar-refractivity contribution in [2.45, 2.75) is 59.3 Å². The minimum atomic E-state index is -0.817. The van der Waals surface area contributed by atoms with E-state index in [1.807, 2.05) is 0 Å². The second-order valence-corrected chi connectivity index (χ2v) is 5.13. The van der Waals surface area contributed by atoms with E-state index >= 15 is 0 Å². The Morgan fingerprint density at radius 1 is 1.33 bits per heavy atom. The van der Waals surface area contributed by atoms with E-state index < -0.39 is 17.9 Å². The number of alkyl carbamates (subject to hydrolysis) is 1. The van der Waals surface area contributed by atoms with Crippen LogP contribution in [0, 0.1) is 5.92 Å². The molecule has 0 saturated carbocycles. The third-order valence-corrected chi connectivity index (χ3v) is 1.70. The van der Waals surface area contributed by atoms with Gasteiger partial charge in [0.05, 0.1) is 0 Å². The fourth-order valence-corrected chi connectivity index (χ4v) is 1.01. The van der Waals surface area contributed by atoms with Crippen LogP contribution < -0.4 is 5.32 Å². The predicted octanol–water partition coefficient (Wildman–Crippen LogP) is 2.27. The number of carbonyl (C=O) groups is 1. The van der Waals surface area contributed by atoms with Crippen molar-refractivity contribution in [3.05, 3.63) is 0 Å². The molecule has 0 aliphatic heterocycles. The number of hydrogen-bond acceptors (Lipinski definition) is 3. The first-order chi connectivity index (χ1) is 6.70. The average Bonchev–Trinajstić information content (AvgIpc) is 1.96. The minimum absolute atomic E-state index is 0.514. The van der Waals surface area contributed by atoms with Crippen LogP contribution in [0.4, 0.5) is 4.79 Å². The molecule has 1 atom stereocenters. The molecule has 0 rings (SSSR count). The Bertz CT molecular complexity index is 196. The van der Waals surface area contributed by atoms with Gasteiger partial charge in [-0.3, -0.25) is 5.32 Å². The molecule has 0 aliphatic rings. The standard InChI is InChI=1S/C11H23NO3/c1-8(2)6-7-9(13)12-10(14)15-11(3,4)5/h8-9,13H,6-7H2,1-5H3,(H,12,14)/t9-/m1/s1. The molecule has 15 heavy (non-hydrogen) atoms. The van der Waals surface area contributed by atoms with Crippen LogP contribution in [0.1, 0.15) is 47.5 Å². The van der Waals surface area contributed by atoms with Gasteiger partial charge in [-0.05, 0) is 39.5 Å². The summed E-state index contributed by atoms with van der Waals surface area (Å²) in [5.41, 5.74) is -0.526. The van der Waals surface area contributed by atoms with Gasteiger partial charge in [0.15, 0.2) is 0 Å². The lowest BCUT2D eigenvalue weighted by molar-refractivity contribution is 0.0336. The first kappa shape index (κ1) is 14.2. The third-order valence-electron chi connectivity index (χ3n) is 1.70. The Hall–Kier alpha value is -0.770. The number of carbonyl (C=O) groups excluding carboxylic acids is 1. The molecule has 0 aromatic heterocycles. The molecule has 2 N–H and O–H groups in total. The van der Waals surface area contributed by atoms with Crippen LogP contribution in [-0.4, -0.2) is 23.0 Å². The summed E-state index contributed by atoms with van der Waals surface area (Å²) in [5, 5.41) is 11.8. The molecule has 0 spiro atoms. The zero-order valence-corrected chi connectivity index (χ0v) is 10.3. The molecule has 4 nitrogen and oxygen atoms in total. The lowest BCUT2D eigenvalue weighted by Crippen LogP contribution is -2.39. The zero-order chi connectivity index (χ0) is 12.1. The molecule has 0 aromatic rings. The van der Waals surface area contributed by atoms with Crippen LogP contribution in [0.15, 0.2) is 0 Å². The van der Waals surface area contributed by atoms with Gasteiger partial charge in [-0.25, -0.2) is 4.79 Å². The summed E-state index contributed by atoms with van der Waals surface area (Å²) in [7, 11) is 0. The molecular weight excluding hydrogens is 194 g/mol. The number of ether oxygens (including phenoxy) is 1. The zero-order valence-electron chi connectivity index (χ0n) is 10.3. The van der Waals surface area contributed by atoms with Gasteiger partial charge in [-0.15, -0.1) is 0 Å². The summed E-state index contributed by atoms with van der Waals surface area (Å²) < 4.78 is 5.01.